The minimum absolute atomic E-state index is 0.0344. The van der Waals surface area contributed by atoms with Crippen LogP contribution in [0.2, 0.25) is 0 Å². The van der Waals surface area contributed by atoms with Crippen LogP contribution < -0.4 is 16.2 Å². The van der Waals surface area contributed by atoms with Crippen molar-refractivity contribution in [3.05, 3.63) is 76.3 Å². The van der Waals surface area contributed by atoms with Crippen LogP contribution in [0.4, 0.5) is 14.6 Å². The number of methoxy groups -OCH3 is 1. The van der Waals surface area contributed by atoms with Gasteiger partial charge in [0.1, 0.15) is 23.2 Å². The van der Waals surface area contributed by atoms with E-state index in [2.05, 4.69) is 23.6 Å². The van der Waals surface area contributed by atoms with Crippen molar-refractivity contribution in [1.82, 2.24) is 9.88 Å². The number of halogens is 2. The second kappa shape index (κ2) is 14.6. The van der Waals surface area contributed by atoms with E-state index in [4.69, 9.17) is 10.5 Å². The van der Waals surface area contributed by atoms with Gasteiger partial charge in [0.2, 0.25) is 0 Å². The summed E-state index contributed by atoms with van der Waals surface area (Å²) in [5.41, 5.74) is 13.4. The van der Waals surface area contributed by atoms with E-state index in [9.17, 15) is 13.6 Å². The number of nitrogens with zero attached hydrogens (tertiary/aromatic N) is 2. The number of fused-ring (bicyclic) bond motifs is 1. The maximum atomic E-state index is 14.6. The zero-order valence-electron chi connectivity index (χ0n) is 23.6. The summed E-state index contributed by atoms with van der Waals surface area (Å²) < 4.78 is 35.0. The molecule has 2 heterocycles. The first-order valence-electron chi connectivity index (χ1n) is 13.4. The highest BCUT2D eigenvalue weighted by molar-refractivity contribution is 7.21. The fraction of sp³-hybridized carbons (Fsp3) is 0.312. The number of aromatic nitrogens is 1. The van der Waals surface area contributed by atoms with Gasteiger partial charge in [-0.3, -0.25) is 4.79 Å². The first-order valence-corrected chi connectivity index (χ1v) is 14.2. The molecular formula is C32H36F2N4O2S. The topological polar surface area (TPSA) is 94.5 Å². The van der Waals surface area contributed by atoms with Crippen molar-refractivity contribution < 1.29 is 18.3 Å². The van der Waals surface area contributed by atoms with Gasteiger partial charge < -0.3 is 21.1 Å². The third-order valence-corrected chi connectivity index (χ3v) is 8.48. The normalized spacial score (nSPS) is 13.0. The molecule has 6 nitrogen and oxygen atoms in total. The molecule has 0 bridgehead atoms. The van der Waals surface area contributed by atoms with Crippen LogP contribution in [0.1, 0.15) is 52.9 Å². The summed E-state index contributed by atoms with van der Waals surface area (Å²) in [5.74, 6) is -0.116. The van der Waals surface area contributed by atoms with E-state index in [1.54, 1.807) is 26.3 Å². The average Bonchev–Trinajstić information content (AvgIpc) is 3.38. The number of hydrogen-bond donors (Lipinski definition) is 2. The Bertz CT molecular complexity index is 1500. The molecule has 216 valence electrons. The van der Waals surface area contributed by atoms with Crippen molar-refractivity contribution in [1.29, 1.82) is 0 Å². The number of nitrogen functional groups attached to an aromatic ring is 1. The SMILES string of the molecule is C#C.CN.COc1ccc(-c2ccc(N)nc2)cc1CN(C(=O)c1sc2c(F)ccc(F)c2c1C)C1CCCCC1. The van der Waals surface area contributed by atoms with E-state index in [0.29, 0.717) is 28.6 Å². The van der Waals surface area contributed by atoms with E-state index >= 15 is 0 Å². The standard InChI is InChI=1S/C29H29F2N3O2S.C2H2.CH5N/c1-17-26-22(30)10-11-23(31)28(26)37-27(17)29(35)34(21-6-4-3-5-7-21)16-20-14-18(8-12-24(20)36-2)19-9-13-25(32)33-15-19;2*1-2/h8-15,21H,3-7,16H2,1-2H3,(H2,32,33);1-2H;2H2,1H3. The number of carbonyl (C=O) groups excluding carboxylic acids is 1. The van der Waals surface area contributed by atoms with Crippen LogP contribution in [0, 0.1) is 31.4 Å². The first kappa shape index (κ1) is 31.5. The van der Waals surface area contributed by atoms with Crippen molar-refractivity contribution in [2.75, 3.05) is 19.9 Å². The fourth-order valence-electron chi connectivity index (χ4n) is 5.21. The number of thiophene rings is 1. The van der Waals surface area contributed by atoms with Crippen molar-refractivity contribution in [3.8, 4) is 29.7 Å². The number of terminal acetylenes is 1. The number of amides is 1. The number of aryl methyl sites for hydroxylation is 1. The van der Waals surface area contributed by atoms with E-state index in [1.807, 2.05) is 29.2 Å². The lowest BCUT2D eigenvalue weighted by Gasteiger charge is -2.35. The van der Waals surface area contributed by atoms with E-state index in [-0.39, 0.29) is 22.0 Å². The fourth-order valence-corrected chi connectivity index (χ4v) is 6.39. The number of benzene rings is 2. The maximum Gasteiger partial charge on any atom is 0.264 e. The highest BCUT2D eigenvalue weighted by Gasteiger charge is 2.31. The molecule has 1 amide bonds. The monoisotopic (exact) mass is 578 g/mol. The molecule has 5 rings (SSSR count). The van der Waals surface area contributed by atoms with Crippen LogP contribution in [0.5, 0.6) is 5.75 Å². The molecule has 0 atom stereocenters. The molecule has 0 unspecified atom stereocenters. The van der Waals surface area contributed by atoms with Crippen molar-refractivity contribution in [2.45, 2.75) is 51.6 Å². The predicted molar refractivity (Wildman–Crippen MR) is 164 cm³/mol. The number of rotatable bonds is 6. The summed E-state index contributed by atoms with van der Waals surface area (Å²) in [7, 11) is 3.11. The summed E-state index contributed by atoms with van der Waals surface area (Å²) in [5, 5.41) is 0.187. The molecule has 0 spiro atoms. The van der Waals surface area contributed by atoms with Gasteiger partial charge in [-0.1, -0.05) is 25.3 Å². The minimum Gasteiger partial charge on any atom is -0.496 e. The summed E-state index contributed by atoms with van der Waals surface area (Å²) in [6, 6.07) is 11.8. The van der Waals surface area contributed by atoms with Gasteiger partial charge in [-0.05, 0) is 74.3 Å². The van der Waals surface area contributed by atoms with Gasteiger partial charge >= 0.3 is 0 Å². The Balaban J connectivity index is 0.00000111. The summed E-state index contributed by atoms with van der Waals surface area (Å²) >= 11 is 1.03. The average molecular weight is 579 g/mol. The van der Waals surface area contributed by atoms with Crippen molar-refractivity contribution >= 4 is 33.1 Å². The van der Waals surface area contributed by atoms with Crippen LogP contribution in [-0.4, -0.2) is 36.0 Å². The van der Waals surface area contributed by atoms with Gasteiger partial charge in [-0.15, -0.1) is 24.2 Å². The van der Waals surface area contributed by atoms with Crippen molar-refractivity contribution in [3.63, 3.8) is 0 Å². The first-order chi connectivity index (χ1) is 19.9. The molecule has 0 radical (unpaired) electrons. The highest BCUT2D eigenvalue weighted by Crippen LogP contribution is 2.37. The summed E-state index contributed by atoms with van der Waals surface area (Å²) in [6.07, 6.45) is 14.7. The molecule has 2 aromatic carbocycles. The third-order valence-electron chi connectivity index (χ3n) is 7.19. The molecule has 9 heteroatoms. The van der Waals surface area contributed by atoms with Crippen LogP contribution >= 0.6 is 11.3 Å². The Morgan fingerprint density at radius 3 is 2.32 bits per heavy atom. The molecule has 41 heavy (non-hydrogen) atoms. The van der Waals surface area contributed by atoms with E-state index in [0.717, 1.165) is 72.3 Å². The van der Waals surface area contributed by atoms with Gasteiger partial charge in [0.05, 0.1) is 16.7 Å². The molecule has 1 saturated carbocycles. The van der Waals surface area contributed by atoms with Crippen LogP contribution in [0.25, 0.3) is 21.2 Å². The molecular weight excluding hydrogens is 542 g/mol. The number of anilines is 1. The van der Waals surface area contributed by atoms with E-state index in [1.165, 1.54) is 7.05 Å². The lowest BCUT2D eigenvalue weighted by Crippen LogP contribution is -2.41. The number of nitrogens with two attached hydrogens (primary N) is 2. The maximum absolute atomic E-state index is 14.6. The predicted octanol–water partition coefficient (Wildman–Crippen LogP) is 6.94. The van der Waals surface area contributed by atoms with E-state index < -0.39 is 11.6 Å². The zero-order chi connectivity index (χ0) is 30.1. The van der Waals surface area contributed by atoms with Crippen LogP contribution in [0.15, 0.2) is 48.7 Å². The Morgan fingerprint density at radius 1 is 1.05 bits per heavy atom. The Labute approximate surface area is 244 Å². The molecule has 1 fully saturated rings. The molecule has 0 aliphatic heterocycles. The van der Waals surface area contributed by atoms with Gasteiger partial charge in [0, 0.05) is 35.3 Å². The molecule has 1 aliphatic carbocycles. The molecule has 2 aromatic heterocycles. The second-order valence-corrected chi connectivity index (χ2v) is 10.5. The van der Waals surface area contributed by atoms with Crippen molar-refractivity contribution in [2.24, 2.45) is 5.73 Å². The molecule has 1 aliphatic rings. The number of ether oxygens (including phenoxy) is 1. The Kier molecular flexibility index (Phi) is 11.2. The minimum atomic E-state index is -0.515. The lowest BCUT2D eigenvalue weighted by atomic mass is 9.93. The van der Waals surface area contributed by atoms with Crippen LogP contribution in [0.3, 0.4) is 0 Å². The smallest absolute Gasteiger partial charge is 0.264 e. The Morgan fingerprint density at radius 2 is 1.71 bits per heavy atom. The van der Waals surface area contributed by atoms with Gasteiger partial charge in [0.15, 0.2) is 0 Å². The van der Waals surface area contributed by atoms with Gasteiger partial charge in [-0.2, -0.15) is 0 Å². The lowest BCUT2D eigenvalue weighted by molar-refractivity contribution is 0.0617. The van der Waals surface area contributed by atoms with Gasteiger partial charge in [-0.25, -0.2) is 13.8 Å². The molecule has 4 aromatic rings. The highest BCUT2D eigenvalue weighted by atomic mass is 32.1. The second-order valence-electron chi connectivity index (χ2n) is 9.51. The summed E-state index contributed by atoms with van der Waals surface area (Å²) in [4.78, 5) is 20.5. The zero-order valence-corrected chi connectivity index (χ0v) is 24.4. The Hall–Kier alpha value is -4.00. The number of pyridine rings is 1. The molecule has 4 N–H and O–H groups in total. The number of carbonyl (C=O) groups is 1. The molecule has 0 saturated heterocycles. The van der Waals surface area contributed by atoms with Crippen LogP contribution in [-0.2, 0) is 6.54 Å². The third kappa shape index (κ3) is 6.84. The van der Waals surface area contributed by atoms with Gasteiger partial charge in [0.25, 0.3) is 5.91 Å². The largest absolute Gasteiger partial charge is 0.496 e. The number of hydrogen-bond acceptors (Lipinski definition) is 6. The quantitative estimate of drug-likeness (QED) is 0.242. The summed E-state index contributed by atoms with van der Waals surface area (Å²) in [6.45, 7) is 2.02.